The summed E-state index contributed by atoms with van der Waals surface area (Å²) in [4.78, 5) is 27.3. The van der Waals surface area contributed by atoms with Crippen molar-refractivity contribution in [2.75, 3.05) is 27.3 Å². The number of rotatable bonds is 6. The molecule has 1 aliphatic rings. The van der Waals surface area contributed by atoms with Crippen molar-refractivity contribution in [3.8, 4) is 11.5 Å². The van der Waals surface area contributed by atoms with Crippen LogP contribution in [0.1, 0.15) is 28.8 Å². The molecule has 1 aliphatic heterocycles. The highest BCUT2D eigenvalue weighted by atomic mass is 16.5. The quantitative estimate of drug-likeness (QED) is 0.462. The minimum atomic E-state index is -0.182. The molecule has 0 spiro atoms. The Morgan fingerprint density at radius 1 is 0.970 bits per heavy atom. The summed E-state index contributed by atoms with van der Waals surface area (Å²) in [5.74, 6) is 0.729. The van der Waals surface area contributed by atoms with Gasteiger partial charge in [-0.25, -0.2) is 5.43 Å². The van der Waals surface area contributed by atoms with E-state index in [9.17, 15) is 9.59 Å². The minimum absolute atomic E-state index is 0.0972. The Labute approximate surface area is 193 Å². The van der Waals surface area contributed by atoms with E-state index in [1.807, 2.05) is 42.5 Å². The molecule has 0 bridgehead atoms. The van der Waals surface area contributed by atoms with E-state index in [1.54, 1.807) is 43.5 Å². The van der Waals surface area contributed by atoms with Crippen molar-refractivity contribution >= 4 is 28.8 Å². The first-order valence-electron chi connectivity index (χ1n) is 10.9. The lowest BCUT2D eigenvalue weighted by Crippen LogP contribution is -2.42. The molecule has 170 valence electrons. The Hall–Kier alpha value is -3.87. The molecule has 1 heterocycles. The molecule has 2 amide bonds. The van der Waals surface area contributed by atoms with Crippen molar-refractivity contribution in [2.45, 2.75) is 12.8 Å². The standard InChI is InChI=1S/C26H27N3O4/c1-32-22-14-21(15-23(16-22)33-2)26(31)29-12-10-19(11-13-29)25(30)28-27-17-20-8-5-7-18-6-3-4-9-24(18)20/h3-9,14-17,19H,10-13H2,1-2H3,(H,28,30)/b27-17-. The van der Waals surface area contributed by atoms with Crippen LogP contribution in [0.4, 0.5) is 0 Å². The number of amides is 2. The lowest BCUT2D eigenvalue weighted by atomic mass is 9.95. The summed E-state index contributed by atoms with van der Waals surface area (Å²) in [7, 11) is 3.10. The summed E-state index contributed by atoms with van der Waals surface area (Å²) in [6, 6.07) is 19.2. The second kappa shape index (κ2) is 10.2. The first-order chi connectivity index (χ1) is 16.1. The average Bonchev–Trinajstić information content (AvgIpc) is 2.88. The van der Waals surface area contributed by atoms with Crippen molar-refractivity contribution < 1.29 is 19.1 Å². The SMILES string of the molecule is COc1cc(OC)cc(C(=O)N2CCC(C(=O)N/N=C\c3cccc4ccccc34)CC2)c1. The number of ether oxygens (including phenoxy) is 2. The Balaban J connectivity index is 1.33. The zero-order valence-electron chi connectivity index (χ0n) is 18.8. The third-order valence-corrected chi connectivity index (χ3v) is 5.95. The molecule has 1 N–H and O–H groups in total. The number of fused-ring (bicyclic) bond motifs is 1. The molecule has 7 nitrogen and oxygen atoms in total. The molecule has 0 aromatic heterocycles. The molecule has 0 aliphatic carbocycles. The number of methoxy groups -OCH3 is 2. The number of likely N-dealkylation sites (tertiary alicyclic amines) is 1. The minimum Gasteiger partial charge on any atom is -0.497 e. The Kier molecular flexibility index (Phi) is 6.88. The van der Waals surface area contributed by atoms with Crippen LogP contribution in [0.25, 0.3) is 10.8 Å². The van der Waals surface area contributed by atoms with Gasteiger partial charge in [-0.2, -0.15) is 5.10 Å². The van der Waals surface area contributed by atoms with E-state index in [4.69, 9.17) is 9.47 Å². The summed E-state index contributed by atoms with van der Waals surface area (Å²) >= 11 is 0. The number of benzene rings is 3. The van der Waals surface area contributed by atoms with E-state index in [-0.39, 0.29) is 17.7 Å². The summed E-state index contributed by atoms with van der Waals surface area (Å²) in [5, 5.41) is 6.38. The lowest BCUT2D eigenvalue weighted by molar-refractivity contribution is -0.126. The van der Waals surface area contributed by atoms with Crippen LogP contribution in [0.3, 0.4) is 0 Å². The molecule has 4 rings (SSSR count). The van der Waals surface area contributed by atoms with Crippen LogP contribution < -0.4 is 14.9 Å². The smallest absolute Gasteiger partial charge is 0.254 e. The lowest BCUT2D eigenvalue weighted by Gasteiger charge is -2.31. The van der Waals surface area contributed by atoms with Gasteiger partial charge in [-0.05, 0) is 35.7 Å². The number of nitrogens with one attached hydrogen (secondary N) is 1. The number of hydrazone groups is 1. The Bertz CT molecular complexity index is 1160. The topological polar surface area (TPSA) is 80.2 Å². The Morgan fingerprint density at radius 3 is 2.33 bits per heavy atom. The van der Waals surface area contributed by atoms with Gasteiger partial charge in [0.2, 0.25) is 5.91 Å². The fourth-order valence-corrected chi connectivity index (χ4v) is 4.08. The predicted molar refractivity (Wildman–Crippen MR) is 128 cm³/mol. The second-order valence-electron chi connectivity index (χ2n) is 7.97. The molecule has 1 fully saturated rings. The number of hydrogen-bond acceptors (Lipinski definition) is 5. The van der Waals surface area contributed by atoms with E-state index in [0.29, 0.717) is 43.0 Å². The van der Waals surface area contributed by atoms with Crippen LogP contribution >= 0.6 is 0 Å². The molecular weight excluding hydrogens is 418 g/mol. The molecule has 3 aromatic rings. The van der Waals surface area contributed by atoms with Gasteiger partial charge >= 0.3 is 0 Å². The molecule has 0 saturated carbocycles. The van der Waals surface area contributed by atoms with Crippen molar-refractivity contribution in [1.29, 1.82) is 0 Å². The molecule has 33 heavy (non-hydrogen) atoms. The average molecular weight is 446 g/mol. The maximum Gasteiger partial charge on any atom is 0.254 e. The summed E-state index contributed by atoms with van der Waals surface area (Å²) in [5.41, 5.74) is 4.12. The second-order valence-corrected chi connectivity index (χ2v) is 7.97. The third kappa shape index (κ3) is 5.14. The highest BCUT2D eigenvalue weighted by Crippen LogP contribution is 2.25. The van der Waals surface area contributed by atoms with E-state index < -0.39 is 0 Å². The van der Waals surface area contributed by atoms with Crippen molar-refractivity contribution in [2.24, 2.45) is 11.0 Å². The normalized spacial score (nSPS) is 14.4. The number of nitrogens with zero attached hydrogens (tertiary/aromatic N) is 2. The monoisotopic (exact) mass is 445 g/mol. The van der Waals surface area contributed by atoms with Crippen LogP contribution in [0.15, 0.2) is 65.8 Å². The molecule has 0 radical (unpaired) electrons. The van der Waals surface area contributed by atoms with Gasteiger partial charge in [0.1, 0.15) is 11.5 Å². The van der Waals surface area contributed by atoms with Crippen LogP contribution in [0, 0.1) is 5.92 Å². The largest absolute Gasteiger partial charge is 0.497 e. The van der Waals surface area contributed by atoms with Crippen molar-refractivity contribution in [3.05, 3.63) is 71.8 Å². The first-order valence-corrected chi connectivity index (χ1v) is 10.9. The summed E-state index contributed by atoms with van der Waals surface area (Å²) in [6.45, 7) is 1.01. The van der Waals surface area contributed by atoms with Gasteiger partial charge in [0.15, 0.2) is 0 Å². The van der Waals surface area contributed by atoms with E-state index in [1.165, 1.54) is 0 Å². The Morgan fingerprint density at radius 2 is 1.64 bits per heavy atom. The number of hydrogen-bond donors (Lipinski definition) is 1. The summed E-state index contributed by atoms with van der Waals surface area (Å²) < 4.78 is 10.5. The highest BCUT2D eigenvalue weighted by Gasteiger charge is 2.28. The maximum absolute atomic E-state index is 12.9. The van der Waals surface area contributed by atoms with Gasteiger partial charge in [-0.3, -0.25) is 9.59 Å². The van der Waals surface area contributed by atoms with Gasteiger partial charge in [-0.15, -0.1) is 0 Å². The maximum atomic E-state index is 12.9. The zero-order valence-corrected chi connectivity index (χ0v) is 18.8. The van der Waals surface area contributed by atoms with Crippen LogP contribution in [-0.4, -0.2) is 50.2 Å². The molecule has 3 aromatic carbocycles. The van der Waals surface area contributed by atoms with Gasteiger partial charge in [0.25, 0.3) is 5.91 Å². The molecule has 7 heteroatoms. The fraction of sp³-hybridized carbons (Fsp3) is 0.269. The fourth-order valence-electron chi connectivity index (χ4n) is 4.08. The van der Waals surface area contributed by atoms with E-state index >= 15 is 0 Å². The number of carbonyl (C=O) groups excluding carboxylic acids is 2. The van der Waals surface area contributed by atoms with Crippen molar-refractivity contribution in [3.63, 3.8) is 0 Å². The predicted octanol–water partition coefficient (Wildman–Crippen LogP) is 3.86. The number of carbonyl (C=O) groups is 2. The first kappa shape index (κ1) is 22.3. The summed E-state index contributed by atoms with van der Waals surface area (Å²) in [6.07, 6.45) is 2.85. The van der Waals surface area contributed by atoms with Crippen LogP contribution in [0.2, 0.25) is 0 Å². The van der Waals surface area contributed by atoms with Crippen LogP contribution in [0.5, 0.6) is 11.5 Å². The molecular formula is C26H27N3O4. The van der Waals surface area contributed by atoms with Crippen molar-refractivity contribution in [1.82, 2.24) is 10.3 Å². The van der Waals surface area contributed by atoms with Gasteiger partial charge in [0, 0.05) is 36.2 Å². The highest BCUT2D eigenvalue weighted by molar-refractivity contribution is 6.00. The van der Waals surface area contributed by atoms with Crippen LogP contribution in [-0.2, 0) is 4.79 Å². The number of piperidine rings is 1. The molecule has 1 saturated heterocycles. The van der Waals surface area contributed by atoms with Gasteiger partial charge in [0.05, 0.1) is 20.4 Å². The van der Waals surface area contributed by atoms with E-state index in [2.05, 4.69) is 10.5 Å². The molecule has 0 atom stereocenters. The zero-order chi connectivity index (χ0) is 23.2. The van der Waals surface area contributed by atoms with Gasteiger partial charge in [-0.1, -0.05) is 42.5 Å². The molecule has 0 unspecified atom stereocenters. The third-order valence-electron chi connectivity index (χ3n) is 5.95. The van der Waals surface area contributed by atoms with E-state index in [0.717, 1.165) is 16.3 Å². The van der Waals surface area contributed by atoms with Gasteiger partial charge < -0.3 is 14.4 Å².